The van der Waals surface area contributed by atoms with Crippen LogP contribution in [-0.2, 0) is 21.2 Å². The molecular formula is C19H21N3O5S. The van der Waals surface area contributed by atoms with Crippen LogP contribution < -0.4 is 9.62 Å². The number of hydrogen-bond donors (Lipinski definition) is 1. The smallest absolute Gasteiger partial charge is 0.270 e. The number of carbonyl (C=O) groups excluding carboxylic acids is 1. The number of hydrogen-bond acceptors (Lipinski definition) is 5. The molecule has 1 amide bonds. The summed E-state index contributed by atoms with van der Waals surface area (Å²) in [6, 6.07) is 8.79. The van der Waals surface area contributed by atoms with Crippen molar-refractivity contribution in [2.75, 3.05) is 16.2 Å². The maximum absolute atomic E-state index is 12.8. The van der Waals surface area contributed by atoms with Crippen molar-refractivity contribution in [1.29, 1.82) is 0 Å². The average Bonchev–Trinajstić information content (AvgIpc) is 2.64. The number of aryl methyl sites for hydroxylation is 2. The number of nitro benzene ring substituents is 1. The lowest BCUT2D eigenvalue weighted by Gasteiger charge is -2.29. The van der Waals surface area contributed by atoms with Crippen molar-refractivity contribution < 1.29 is 18.1 Å². The Morgan fingerprint density at radius 3 is 2.61 bits per heavy atom. The number of nitro groups is 1. The van der Waals surface area contributed by atoms with Crippen LogP contribution in [0.25, 0.3) is 0 Å². The number of sulfonamides is 1. The summed E-state index contributed by atoms with van der Waals surface area (Å²) in [5, 5.41) is 11.0. The number of nitrogens with zero attached hydrogens (tertiary/aromatic N) is 2. The molecule has 0 saturated heterocycles. The van der Waals surface area contributed by atoms with E-state index < -0.39 is 14.9 Å². The highest BCUT2D eigenvalue weighted by molar-refractivity contribution is 7.92. The number of carbonyl (C=O) groups is 1. The van der Waals surface area contributed by atoms with E-state index in [1.807, 2.05) is 6.92 Å². The van der Waals surface area contributed by atoms with Gasteiger partial charge in [-0.1, -0.05) is 13.0 Å². The quantitative estimate of drug-likeness (QED) is 0.587. The molecule has 148 valence electrons. The van der Waals surface area contributed by atoms with Crippen molar-refractivity contribution in [1.82, 2.24) is 0 Å². The fourth-order valence-corrected chi connectivity index (χ4v) is 4.61. The van der Waals surface area contributed by atoms with E-state index in [4.69, 9.17) is 0 Å². The summed E-state index contributed by atoms with van der Waals surface area (Å²) in [6.07, 6.45) is 1.75. The molecule has 0 atom stereocenters. The molecule has 0 aliphatic carbocycles. The van der Waals surface area contributed by atoms with Gasteiger partial charge in [-0.2, -0.15) is 0 Å². The number of nitrogens with one attached hydrogen (secondary N) is 1. The van der Waals surface area contributed by atoms with E-state index in [9.17, 15) is 23.3 Å². The Morgan fingerprint density at radius 2 is 1.93 bits per heavy atom. The van der Waals surface area contributed by atoms with E-state index in [2.05, 4.69) is 4.72 Å². The summed E-state index contributed by atoms with van der Waals surface area (Å²) in [5.74, 6) is 0.0647. The van der Waals surface area contributed by atoms with E-state index >= 15 is 0 Å². The Labute approximate surface area is 163 Å². The zero-order valence-corrected chi connectivity index (χ0v) is 16.5. The van der Waals surface area contributed by atoms with Crippen molar-refractivity contribution in [3.63, 3.8) is 0 Å². The van der Waals surface area contributed by atoms with Gasteiger partial charge in [0.05, 0.1) is 9.82 Å². The van der Waals surface area contributed by atoms with E-state index in [0.29, 0.717) is 30.6 Å². The molecule has 2 aromatic carbocycles. The topological polar surface area (TPSA) is 110 Å². The number of rotatable bonds is 6. The lowest BCUT2D eigenvalue weighted by Crippen LogP contribution is -2.35. The third-order valence-corrected chi connectivity index (χ3v) is 6.17. The number of fused-ring (bicyclic) bond motifs is 1. The molecule has 0 spiro atoms. The lowest BCUT2D eigenvalue weighted by atomic mass is 10.0. The highest BCUT2D eigenvalue weighted by Crippen LogP contribution is 2.32. The molecule has 28 heavy (non-hydrogen) atoms. The van der Waals surface area contributed by atoms with E-state index in [1.54, 1.807) is 30.0 Å². The zero-order chi connectivity index (χ0) is 20.5. The van der Waals surface area contributed by atoms with Gasteiger partial charge in [-0.3, -0.25) is 19.6 Å². The zero-order valence-electron chi connectivity index (χ0n) is 15.6. The first-order valence-electron chi connectivity index (χ1n) is 8.94. The van der Waals surface area contributed by atoms with Gasteiger partial charge >= 0.3 is 0 Å². The largest absolute Gasteiger partial charge is 0.312 e. The second-order valence-corrected chi connectivity index (χ2v) is 8.35. The molecule has 8 nitrogen and oxygen atoms in total. The molecule has 1 aliphatic heterocycles. The normalized spacial score (nSPS) is 13.9. The maximum Gasteiger partial charge on any atom is 0.270 e. The van der Waals surface area contributed by atoms with E-state index in [1.165, 1.54) is 12.1 Å². The number of non-ortho nitro benzene ring substituents is 1. The summed E-state index contributed by atoms with van der Waals surface area (Å²) in [4.78, 5) is 24.1. The Hall–Kier alpha value is -2.94. The Balaban J connectivity index is 1.93. The number of anilines is 2. The predicted octanol–water partition coefficient (Wildman–Crippen LogP) is 3.39. The van der Waals surface area contributed by atoms with Crippen molar-refractivity contribution >= 4 is 33.0 Å². The van der Waals surface area contributed by atoms with E-state index in [0.717, 1.165) is 23.7 Å². The van der Waals surface area contributed by atoms with Crippen molar-refractivity contribution in [3.05, 3.63) is 57.6 Å². The first-order chi connectivity index (χ1) is 13.2. The van der Waals surface area contributed by atoms with Gasteiger partial charge in [0, 0.05) is 36.5 Å². The standard InChI is InChI=1S/C19H21N3O5S/c1-3-10-21-17-8-6-15(11-14(17)5-9-19(21)23)20-28(26,27)18-12-16(22(24)25)7-4-13(18)2/h4,6-8,11-12,20H,3,5,9-10H2,1-2H3. The third-order valence-electron chi connectivity index (χ3n) is 4.65. The molecule has 0 fully saturated rings. The van der Waals surface area contributed by atoms with Gasteiger partial charge in [0.2, 0.25) is 5.91 Å². The summed E-state index contributed by atoms with van der Waals surface area (Å²) < 4.78 is 28.1. The monoisotopic (exact) mass is 403 g/mol. The van der Waals surface area contributed by atoms with E-state index in [-0.39, 0.29) is 16.5 Å². The van der Waals surface area contributed by atoms with Gasteiger partial charge in [-0.05, 0) is 49.1 Å². The predicted molar refractivity (Wildman–Crippen MR) is 106 cm³/mol. The molecule has 1 N–H and O–H groups in total. The Kier molecular flexibility index (Phi) is 5.37. The summed E-state index contributed by atoms with van der Waals surface area (Å²) in [7, 11) is -4.00. The molecule has 1 heterocycles. The third kappa shape index (κ3) is 3.84. The van der Waals surface area contributed by atoms with Crippen LogP contribution in [0.5, 0.6) is 0 Å². The second kappa shape index (κ2) is 7.59. The van der Waals surface area contributed by atoms with Gasteiger partial charge in [-0.15, -0.1) is 0 Å². The molecule has 0 bridgehead atoms. The van der Waals surface area contributed by atoms with Crippen LogP contribution in [0.2, 0.25) is 0 Å². The highest BCUT2D eigenvalue weighted by atomic mass is 32.2. The van der Waals surface area contributed by atoms with Crippen LogP contribution in [0.4, 0.5) is 17.1 Å². The second-order valence-electron chi connectivity index (χ2n) is 6.70. The fourth-order valence-electron chi connectivity index (χ4n) is 3.29. The molecule has 1 aliphatic rings. The molecule has 2 aromatic rings. The van der Waals surface area contributed by atoms with Gasteiger partial charge in [0.25, 0.3) is 15.7 Å². The number of amides is 1. The maximum atomic E-state index is 12.8. The molecule has 0 radical (unpaired) electrons. The van der Waals surface area contributed by atoms with Crippen LogP contribution in [0.1, 0.15) is 30.9 Å². The molecule has 0 unspecified atom stereocenters. The van der Waals surface area contributed by atoms with Crippen molar-refractivity contribution in [2.24, 2.45) is 0 Å². The molecule has 9 heteroatoms. The minimum Gasteiger partial charge on any atom is -0.312 e. The summed E-state index contributed by atoms with van der Waals surface area (Å²) in [6.45, 7) is 4.19. The van der Waals surface area contributed by atoms with Gasteiger partial charge in [0.15, 0.2) is 0 Å². The molecule has 0 aromatic heterocycles. The highest BCUT2D eigenvalue weighted by Gasteiger charge is 2.25. The summed E-state index contributed by atoms with van der Waals surface area (Å²) >= 11 is 0. The lowest BCUT2D eigenvalue weighted by molar-refractivity contribution is -0.385. The van der Waals surface area contributed by atoms with Crippen molar-refractivity contribution in [3.8, 4) is 0 Å². The first-order valence-corrected chi connectivity index (χ1v) is 10.4. The van der Waals surface area contributed by atoms with Crippen LogP contribution in [0.3, 0.4) is 0 Å². The Morgan fingerprint density at radius 1 is 1.18 bits per heavy atom. The molecule has 0 saturated carbocycles. The average molecular weight is 403 g/mol. The minimum absolute atomic E-state index is 0.0647. The van der Waals surface area contributed by atoms with Gasteiger partial charge < -0.3 is 4.90 Å². The van der Waals surface area contributed by atoms with Crippen LogP contribution in [0, 0.1) is 17.0 Å². The van der Waals surface area contributed by atoms with Crippen LogP contribution >= 0.6 is 0 Å². The first kappa shape index (κ1) is 19.8. The summed E-state index contributed by atoms with van der Waals surface area (Å²) in [5.41, 5.74) is 2.17. The van der Waals surface area contributed by atoms with Crippen molar-refractivity contribution in [2.45, 2.75) is 38.0 Å². The fraction of sp³-hybridized carbons (Fsp3) is 0.316. The number of benzene rings is 2. The Bertz CT molecular complexity index is 1050. The minimum atomic E-state index is -4.00. The SMILES string of the molecule is CCCN1C(=O)CCc2cc(NS(=O)(=O)c3cc([N+](=O)[O-])ccc3C)ccc21. The van der Waals surface area contributed by atoms with Crippen LogP contribution in [-0.4, -0.2) is 25.8 Å². The molecule has 3 rings (SSSR count). The van der Waals surface area contributed by atoms with Gasteiger partial charge in [0.1, 0.15) is 0 Å². The molecular weight excluding hydrogens is 382 g/mol. The van der Waals surface area contributed by atoms with Crippen LogP contribution in [0.15, 0.2) is 41.3 Å². The van der Waals surface area contributed by atoms with Gasteiger partial charge in [-0.25, -0.2) is 8.42 Å².